The predicted molar refractivity (Wildman–Crippen MR) is 61.7 cm³/mol. The van der Waals surface area contributed by atoms with Crippen LogP contribution in [0.1, 0.15) is 20.3 Å². The van der Waals surface area contributed by atoms with Crippen molar-refractivity contribution in [3.63, 3.8) is 0 Å². The molecule has 0 bridgehead atoms. The van der Waals surface area contributed by atoms with E-state index in [0.29, 0.717) is 12.1 Å². The van der Waals surface area contributed by atoms with Crippen molar-refractivity contribution in [1.82, 2.24) is 15.1 Å². The van der Waals surface area contributed by atoms with Crippen molar-refractivity contribution < 1.29 is 0 Å². The molecular weight excluding hydrogens is 174 g/mol. The third kappa shape index (κ3) is 3.56. The van der Waals surface area contributed by atoms with E-state index in [9.17, 15) is 0 Å². The minimum absolute atomic E-state index is 0.677. The van der Waals surface area contributed by atoms with Crippen LogP contribution in [-0.4, -0.2) is 62.2 Å². The molecule has 1 N–H and O–H groups in total. The standard InChI is InChI=1S/C11H25N3/c1-5-14-7-6-10(2)12-8-11(14)9-13(3)4/h10-12H,5-9H2,1-4H3. The highest BCUT2D eigenvalue weighted by Crippen LogP contribution is 2.07. The van der Waals surface area contributed by atoms with Crippen LogP contribution >= 0.6 is 0 Å². The van der Waals surface area contributed by atoms with Gasteiger partial charge in [-0.2, -0.15) is 0 Å². The third-order valence-corrected chi connectivity index (χ3v) is 3.05. The molecule has 84 valence electrons. The van der Waals surface area contributed by atoms with Crippen LogP contribution in [0, 0.1) is 0 Å². The van der Waals surface area contributed by atoms with E-state index in [0.717, 1.165) is 13.1 Å². The second kappa shape index (κ2) is 5.69. The molecule has 1 heterocycles. The second-order valence-electron chi connectivity index (χ2n) is 4.64. The summed E-state index contributed by atoms with van der Waals surface area (Å²) >= 11 is 0. The van der Waals surface area contributed by atoms with Crippen molar-refractivity contribution in [3.8, 4) is 0 Å². The Labute approximate surface area is 88.5 Å². The molecule has 2 unspecified atom stereocenters. The first-order valence-electron chi connectivity index (χ1n) is 5.75. The Bertz CT molecular complexity index is 159. The number of hydrogen-bond acceptors (Lipinski definition) is 3. The van der Waals surface area contributed by atoms with Crippen LogP contribution in [0.2, 0.25) is 0 Å². The van der Waals surface area contributed by atoms with Gasteiger partial charge in [0.2, 0.25) is 0 Å². The normalized spacial score (nSPS) is 30.6. The van der Waals surface area contributed by atoms with E-state index in [1.807, 2.05) is 0 Å². The van der Waals surface area contributed by atoms with E-state index in [1.165, 1.54) is 19.5 Å². The first-order chi connectivity index (χ1) is 6.63. The molecule has 1 fully saturated rings. The molecule has 0 aromatic heterocycles. The quantitative estimate of drug-likeness (QED) is 0.719. The zero-order chi connectivity index (χ0) is 10.6. The minimum Gasteiger partial charge on any atom is -0.313 e. The average molecular weight is 199 g/mol. The summed E-state index contributed by atoms with van der Waals surface area (Å²) in [6, 6.07) is 1.36. The minimum atomic E-state index is 0.677. The number of likely N-dealkylation sites (N-methyl/N-ethyl adjacent to an activating group) is 2. The summed E-state index contributed by atoms with van der Waals surface area (Å²) < 4.78 is 0. The van der Waals surface area contributed by atoms with Gasteiger partial charge in [-0.1, -0.05) is 6.92 Å². The molecule has 0 amide bonds. The molecule has 0 aliphatic carbocycles. The van der Waals surface area contributed by atoms with Gasteiger partial charge in [-0.25, -0.2) is 0 Å². The Morgan fingerprint density at radius 3 is 2.71 bits per heavy atom. The Kier molecular flexibility index (Phi) is 4.85. The van der Waals surface area contributed by atoms with Crippen LogP contribution in [0.3, 0.4) is 0 Å². The summed E-state index contributed by atoms with van der Waals surface area (Å²) in [6.07, 6.45) is 1.28. The Morgan fingerprint density at radius 1 is 1.43 bits per heavy atom. The molecule has 0 aromatic rings. The number of hydrogen-bond donors (Lipinski definition) is 1. The fourth-order valence-electron chi connectivity index (χ4n) is 2.13. The van der Waals surface area contributed by atoms with Crippen LogP contribution in [-0.2, 0) is 0 Å². The van der Waals surface area contributed by atoms with E-state index in [4.69, 9.17) is 0 Å². The van der Waals surface area contributed by atoms with Crippen LogP contribution in [0.25, 0.3) is 0 Å². The van der Waals surface area contributed by atoms with Crippen molar-refractivity contribution in [1.29, 1.82) is 0 Å². The van der Waals surface area contributed by atoms with Crippen LogP contribution in [0.4, 0.5) is 0 Å². The van der Waals surface area contributed by atoms with Gasteiger partial charge in [0.05, 0.1) is 0 Å². The molecule has 2 atom stereocenters. The van der Waals surface area contributed by atoms with E-state index in [2.05, 4.69) is 43.1 Å². The monoisotopic (exact) mass is 199 g/mol. The molecule has 0 saturated carbocycles. The average Bonchev–Trinajstić information content (AvgIpc) is 2.28. The van der Waals surface area contributed by atoms with Crippen molar-refractivity contribution >= 4 is 0 Å². The molecule has 1 saturated heterocycles. The molecule has 1 aliphatic rings. The molecule has 0 aromatic carbocycles. The van der Waals surface area contributed by atoms with Crippen molar-refractivity contribution in [2.75, 3.05) is 40.3 Å². The van der Waals surface area contributed by atoms with Crippen molar-refractivity contribution in [2.24, 2.45) is 0 Å². The Morgan fingerprint density at radius 2 is 2.14 bits per heavy atom. The summed E-state index contributed by atoms with van der Waals surface area (Å²) in [6.45, 7) is 9.25. The topological polar surface area (TPSA) is 18.5 Å². The van der Waals surface area contributed by atoms with Gasteiger partial charge in [-0.05, 0) is 40.5 Å². The van der Waals surface area contributed by atoms with Gasteiger partial charge in [0.1, 0.15) is 0 Å². The van der Waals surface area contributed by atoms with Gasteiger partial charge in [-0.15, -0.1) is 0 Å². The molecule has 0 spiro atoms. The smallest absolute Gasteiger partial charge is 0.0347 e. The zero-order valence-electron chi connectivity index (χ0n) is 10.1. The van der Waals surface area contributed by atoms with Crippen molar-refractivity contribution in [2.45, 2.75) is 32.4 Å². The fraction of sp³-hybridized carbons (Fsp3) is 1.00. The number of nitrogens with one attached hydrogen (secondary N) is 1. The fourth-order valence-corrected chi connectivity index (χ4v) is 2.13. The maximum atomic E-state index is 3.60. The zero-order valence-corrected chi connectivity index (χ0v) is 10.1. The molecule has 0 radical (unpaired) electrons. The molecular formula is C11H25N3. The first-order valence-corrected chi connectivity index (χ1v) is 5.75. The molecule has 3 heteroatoms. The molecule has 1 rings (SSSR count). The number of nitrogens with zero attached hydrogens (tertiary/aromatic N) is 2. The highest BCUT2D eigenvalue weighted by Gasteiger charge is 2.21. The first kappa shape index (κ1) is 12.0. The summed E-state index contributed by atoms with van der Waals surface area (Å²) in [5, 5.41) is 3.60. The summed E-state index contributed by atoms with van der Waals surface area (Å²) in [5.74, 6) is 0. The van der Waals surface area contributed by atoms with E-state index >= 15 is 0 Å². The van der Waals surface area contributed by atoms with Gasteiger partial charge in [0.15, 0.2) is 0 Å². The lowest BCUT2D eigenvalue weighted by Gasteiger charge is -2.30. The second-order valence-corrected chi connectivity index (χ2v) is 4.64. The van der Waals surface area contributed by atoms with E-state index in [-0.39, 0.29) is 0 Å². The Balaban J connectivity index is 2.50. The highest BCUT2D eigenvalue weighted by atomic mass is 15.2. The van der Waals surface area contributed by atoms with Gasteiger partial charge < -0.3 is 10.2 Å². The summed E-state index contributed by atoms with van der Waals surface area (Å²) in [4.78, 5) is 4.88. The summed E-state index contributed by atoms with van der Waals surface area (Å²) in [5.41, 5.74) is 0. The highest BCUT2D eigenvalue weighted by molar-refractivity contribution is 4.81. The van der Waals surface area contributed by atoms with Gasteiger partial charge in [0.25, 0.3) is 0 Å². The summed E-state index contributed by atoms with van der Waals surface area (Å²) in [7, 11) is 4.31. The lowest BCUT2D eigenvalue weighted by atomic mass is 10.2. The van der Waals surface area contributed by atoms with Crippen LogP contribution in [0.15, 0.2) is 0 Å². The maximum Gasteiger partial charge on any atom is 0.0347 e. The third-order valence-electron chi connectivity index (χ3n) is 3.05. The predicted octanol–water partition coefficient (Wildman–Crippen LogP) is 0.620. The number of rotatable bonds is 3. The lowest BCUT2D eigenvalue weighted by Crippen LogP contribution is -2.46. The van der Waals surface area contributed by atoms with Crippen molar-refractivity contribution in [3.05, 3.63) is 0 Å². The molecule has 1 aliphatic heterocycles. The van der Waals surface area contributed by atoms with Crippen LogP contribution < -0.4 is 5.32 Å². The van der Waals surface area contributed by atoms with Gasteiger partial charge in [0, 0.05) is 25.2 Å². The van der Waals surface area contributed by atoms with E-state index < -0.39 is 0 Å². The van der Waals surface area contributed by atoms with Crippen LogP contribution in [0.5, 0.6) is 0 Å². The maximum absolute atomic E-state index is 3.60. The lowest BCUT2D eigenvalue weighted by molar-refractivity contribution is 0.180. The van der Waals surface area contributed by atoms with Gasteiger partial charge in [-0.3, -0.25) is 4.90 Å². The largest absolute Gasteiger partial charge is 0.313 e. The molecule has 14 heavy (non-hydrogen) atoms. The van der Waals surface area contributed by atoms with Gasteiger partial charge >= 0.3 is 0 Å². The molecule has 3 nitrogen and oxygen atoms in total. The van der Waals surface area contributed by atoms with E-state index in [1.54, 1.807) is 0 Å². The Hall–Kier alpha value is -0.120. The SMILES string of the molecule is CCN1CCC(C)NCC1CN(C)C.